The third kappa shape index (κ3) is 6.23. The van der Waals surface area contributed by atoms with E-state index in [0.29, 0.717) is 16.7 Å². The molecule has 7 heteroatoms. The predicted octanol–water partition coefficient (Wildman–Crippen LogP) is 5.70. The van der Waals surface area contributed by atoms with Crippen molar-refractivity contribution in [2.24, 2.45) is 4.99 Å². The van der Waals surface area contributed by atoms with Gasteiger partial charge in [0, 0.05) is 11.4 Å². The molecule has 0 radical (unpaired) electrons. The van der Waals surface area contributed by atoms with E-state index in [1.807, 2.05) is 50.2 Å². The van der Waals surface area contributed by atoms with Gasteiger partial charge in [-0.25, -0.2) is 4.99 Å². The molecule has 168 valence electrons. The summed E-state index contributed by atoms with van der Waals surface area (Å²) in [5.74, 6) is 0.185. The highest BCUT2D eigenvalue weighted by atomic mass is 32.2. The van der Waals surface area contributed by atoms with Crippen molar-refractivity contribution in [1.29, 1.82) is 0 Å². The summed E-state index contributed by atoms with van der Waals surface area (Å²) in [4.78, 5) is 29.1. The molecule has 0 bridgehead atoms. The fourth-order valence-corrected chi connectivity index (χ4v) is 3.93. The number of hydrogen-bond acceptors (Lipinski definition) is 6. The summed E-state index contributed by atoms with van der Waals surface area (Å²) in [6.07, 6.45) is 1.90. The highest BCUT2D eigenvalue weighted by Crippen LogP contribution is 2.34. The molecule has 0 atom stereocenters. The molecule has 32 heavy (non-hydrogen) atoms. The van der Waals surface area contributed by atoms with Gasteiger partial charge in [-0.2, -0.15) is 0 Å². The van der Waals surface area contributed by atoms with Crippen LogP contribution < -0.4 is 10.6 Å². The number of fused-ring (bicyclic) bond motifs is 1. The lowest BCUT2D eigenvalue weighted by molar-refractivity contribution is -0.139. The van der Waals surface area contributed by atoms with Gasteiger partial charge in [0.05, 0.1) is 35.7 Å². The number of amides is 1. The predicted molar refractivity (Wildman–Crippen MR) is 133 cm³/mol. The SMILES string of the molecule is COC(=O)CC1=CC(SCC(=O)Nc2ccc(C(C)C)cc2)=Nc2cc(C)c(C)cc2N1. The molecular weight excluding hydrogens is 422 g/mol. The second-order valence-electron chi connectivity index (χ2n) is 8.06. The van der Waals surface area contributed by atoms with Crippen molar-refractivity contribution in [2.75, 3.05) is 23.5 Å². The van der Waals surface area contributed by atoms with Crippen LogP contribution in [0, 0.1) is 13.8 Å². The third-order valence-electron chi connectivity index (χ3n) is 5.21. The van der Waals surface area contributed by atoms with E-state index in [1.54, 1.807) is 6.08 Å². The molecule has 2 aromatic rings. The summed E-state index contributed by atoms with van der Waals surface area (Å²) < 4.78 is 4.82. The van der Waals surface area contributed by atoms with Crippen LogP contribution in [0.2, 0.25) is 0 Å². The number of nitrogens with zero attached hydrogens (tertiary/aromatic N) is 1. The molecule has 1 amide bonds. The zero-order valence-corrected chi connectivity index (χ0v) is 19.9. The van der Waals surface area contributed by atoms with Crippen LogP contribution >= 0.6 is 11.8 Å². The standard InChI is InChI=1S/C25H29N3O3S/c1-15(2)18-6-8-19(9-7-18)27-23(29)14-32-24-12-20(13-25(30)31-5)26-21-10-16(3)17(4)11-22(21)28-24/h6-12,15,26H,13-14H2,1-5H3,(H,27,29). The van der Waals surface area contributed by atoms with Gasteiger partial charge in [0.15, 0.2) is 0 Å². The maximum absolute atomic E-state index is 12.5. The van der Waals surface area contributed by atoms with Crippen LogP contribution in [0.15, 0.2) is 53.2 Å². The van der Waals surface area contributed by atoms with Crippen molar-refractivity contribution in [3.05, 3.63) is 64.9 Å². The Kier molecular flexibility index (Phi) is 7.75. The minimum atomic E-state index is -0.344. The summed E-state index contributed by atoms with van der Waals surface area (Å²) in [6.45, 7) is 8.33. The first-order valence-corrected chi connectivity index (χ1v) is 11.5. The van der Waals surface area contributed by atoms with Crippen molar-refractivity contribution in [2.45, 2.75) is 40.0 Å². The topological polar surface area (TPSA) is 79.8 Å². The molecule has 6 nitrogen and oxygen atoms in total. The van der Waals surface area contributed by atoms with Crippen molar-refractivity contribution in [3.8, 4) is 0 Å². The van der Waals surface area contributed by atoms with Crippen LogP contribution in [0.3, 0.4) is 0 Å². The normalized spacial score (nSPS) is 12.8. The quantitative estimate of drug-likeness (QED) is 0.551. The number of thioether (sulfide) groups is 1. The molecule has 0 saturated heterocycles. The van der Waals surface area contributed by atoms with E-state index in [-0.39, 0.29) is 24.1 Å². The van der Waals surface area contributed by atoms with E-state index in [1.165, 1.54) is 24.4 Å². The van der Waals surface area contributed by atoms with E-state index in [4.69, 9.17) is 9.73 Å². The minimum Gasteiger partial charge on any atom is -0.469 e. The summed E-state index contributed by atoms with van der Waals surface area (Å²) in [7, 11) is 1.36. The molecule has 1 heterocycles. The lowest BCUT2D eigenvalue weighted by Gasteiger charge is -2.12. The van der Waals surface area contributed by atoms with Crippen LogP contribution in [0.25, 0.3) is 0 Å². The maximum Gasteiger partial charge on any atom is 0.311 e. The van der Waals surface area contributed by atoms with Crippen LogP contribution in [0.5, 0.6) is 0 Å². The molecule has 0 spiro atoms. The number of carbonyl (C=O) groups is 2. The molecular formula is C25H29N3O3S. The van der Waals surface area contributed by atoms with Crippen molar-refractivity contribution in [1.82, 2.24) is 0 Å². The average Bonchev–Trinajstić information content (AvgIpc) is 2.91. The van der Waals surface area contributed by atoms with Gasteiger partial charge in [0.25, 0.3) is 0 Å². The number of anilines is 2. The Morgan fingerprint density at radius 1 is 1.12 bits per heavy atom. The fourth-order valence-electron chi connectivity index (χ4n) is 3.19. The Bertz CT molecular complexity index is 1070. The van der Waals surface area contributed by atoms with Crippen molar-refractivity contribution < 1.29 is 14.3 Å². The molecule has 2 N–H and O–H groups in total. The van der Waals surface area contributed by atoms with Crippen molar-refractivity contribution in [3.63, 3.8) is 0 Å². The van der Waals surface area contributed by atoms with E-state index < -0.39 is 0 Å². The summed E-state index contributed by atoms with van der Waals surface area (Å²) in [5, 5.41) is 6.88. The second kappa shape index (κ2) is 10.5. The smallest absolute Gasteiger partial charge is 0.311 e. The third-order valence-corrected chi connectivity index (χ3v) is 6.12. The van der Waals surface area contributed by atoms with Crippen LogP contribution in [-0.2, 0) is 14.3 Å². The Morgan fingerprint density at radius 2 is 1.81 bits per heavy atom. The average molecular weight is 452 g/mol. The van der Waals surface area contributed by atoms with Crippen molar-refractivity contribution >= 4 is 45.7 Å². The lowest BCUT2D eigenvalue weighted by Crippen LogP contribution is -2.15. The van der Waals surface area contributed by atoms with Crippen LogP contribution in [-0.4, -0.2) is 29.8 Å². The maximum atomic E-state index is 12.5. The van der Waals surface area contributed by atoms with Gasteiger partial charge < -0.3 is 15.4 Å². The van der Waals surface area contributed by atoms with Gasteiger partial charge in [0.1, 0.15) is 0 Å². The Balaban J connectivity index is 1.74. The van der Waals surface area contributed by atoms with Gasteiger partial charge in [-0.15, -0.1) is 0 Å². The van der Waals surface area contributed by atoms with Gasteiger partial charge in [-0.05, 0) is 66.8 Å². The number of benzene rings is 2. The first-order valence-electron chi connectivity index (χ1n) is 10.5. The number of aryl methyl sites for hydroxylation is 2. The van der Waals surface area contributed by atoms with Crippen LogP contribution in [0.1, 0.15) is 42.9 Å². The number of nitrogens with one attached hydrogen (secondary N) is 2. The number of esters is 1. The molecule has 1 aliphatic heterocycles. The Morgan fingerprint density at radius 3 is 2.47 bits per heavy atom. The van der Waals surface area contributed by atoms with Gasteiger partial charge in [0.2, 0.25) is 5.91 Å². The van der Waals surface area contributed by atoms with E-state index in [2.05, 4.69) is 24.5 Å². The number of methoxy groups -OCH3 is 1. The van der Waals surface area contributed by atoms with Gasteiger partial charge >= 0.3 is 5.97 Å². The Hall–Kier alpha value is -3.06. The molecule has 1 aliphatic rings. The first-order chi connectivity index (χ1) is 15.2. The largest absolute Gasteiger partial charge is 0.469 e. The monoisotopic (exact) mass is 451 g/mol. The zero-order valence-electron chi connectivity index (χ0n) is 19.1. The highest BCUT2D eigenvalue weighted by molar-refractivity contribution is 8.14. The first kappa shape index (κ1) is 23.6. The highest BCUT2D eigenvalue weighted by Gasteiger charge is 2.16. The Labute approximate surface area is 193 Å². The number of ether oxygens (including phenoxy) is 1. The molecule has 2 aromatic carbocycles. The fraction of sp³-hybridized carbons (Fsp3) is 0.320. The molecule has 0 aliphatic carbocycles. The molecule has 0 unspecified atom stereocenters. The number of rotatable bonds is 6. The van der Waals surface area contributed by atoms with E-state index in [9.17, 15) is 9.59 Å². The van der Waals surface area contributed by atoms with E-state index in [0.717, 1.165) is 28.2 Å². The molecule has 0 fully saturated rings. The summed E-state index contributed by atoms with van der Waals surface area (Å²) in [6, 6.07) is 11.9. The molecule has 0 aromatic heterocycles. The second-order valence-corrected chi connectivity index (χ2v) is 9.06. The zero-order chi connectivity index (χ0) is 23.3. The van der Waals surface area contributed by atoms with Gasteiger partial charge in [-0.3, -0.25) is 9.59 Å². The van der Waals surface area contributed by atoms with E-state index >= 15 is 0 Å². The lowest BCUT2D eigenvalue weighted by atomic mass is 10.0. The summed E-state index contributed by atoms with van der Waals surface area (Å²) in [5.41, 5.74) is 6.52. The number of aliphatic imine (C=N–C) groups is 1. The minimum absolute atomic E-state index is 0.0941. The van der Waals surface area contributed by atoms with Crippen LogP contribution in [0.4, 0.5) is 17.1 Å². The summed E-state index contributed by atoms with van der Waals surface area (Å²) >= 11 is 1.33. The van der Waals surface area contributed by atoms with Gasteiger partial charge in [-0.1, -0.05) is 37.7 Å². The number of carbonyl (C=O) groups excluding carboxylic acids is 2. The molecule has 0 saturated carbocycles. The number of hydrogen-bond donors (Lipinski definition) is 2. The molecule has 3 rings (SSSR count).